The zero-order valence-corrected chi connectivity index (χ0v) is 17.0. The Hall–Kier alpha value is -0.830. The number of carbonyl (C=O) groups is 1. The highest BCUT2D eigenvalue weighted by Crippen LogP contribution is 2.66. The molecule has 0 spiro atoms. The van der Waals surface area contributed by atoms with Gasteiger partial charge in [0.05, 0.1) is 6.10 Å². The number of fused-ring (bicyclic) bond motifs is 5. The first kappa shape index (κ1) is 18.5. The maximum absolute atomic E-state index is 11.4. The van der Waals surface area contributed by atoms with Gasteiger partial charge >= 0.3 is 5.97 Å². The van der Waals surface area contributed by atoms with Gasteiger partial charge in [0.15, 0.2) is 0 Å². The average Bonchev–Trinajstić information content (AvgIpc) is 2.92. The fraction of sp³-hybridized carbons (Fsp3) is 0.870. The van der Waals surface area contributed by atoms with E-state index < -0.39 is 0 Å². The third-order valence-electron chi connectivity index (χ3n) is 9.05. The Balaban J connectivity index is 1.58. The molecule has 0 aromatic carbocycles. The summed E-state index contributed by atoms with van der Waals surface area (Å²) in [6.07, 6.45) is 11.8. The van der Waals surface area contributed by atoms with E-state index in [9.17, 15) is 9.90 Å². The van der Waals surface area contributed by atoms with Crippen molar-refractivity contribution in [2.24, 2.45) is 34.5 Å². The number of aliphatic hydroxyl groups is 1. The monoisotopic (exact) mass is 360 g/mol. The van der Waals surface area contributed by atoms with Gasteiger partial charge < -0.3 is 9.84 Å². The van der Waals surface area contributed by atoms with E-state index in [1.807, 2.05) is 6.92 Å². The molecule has 4 rings (SSSR count). The van der Waals surface area contributed by atoms with Gasteiger partial charge in [-0.1, -0.05) is 25.5 Å². The topological polar surface area (TPSA) is 46.5 Å². The van der Waals surface area contributed by atoms with E-state index in [-0.39, 0.29) is 18.2 Å². The summed E-state index contributed by atoms with van der Waals surface area (Å²) in [7, 11) is 0. The van der Waals surface area contributed by atoms with Crippen LogP contribution < -0.4 is 0 Å². The van der Waals surface area contributed by atoms with E-state index >= 15 is 0 Å². The summed E-state index contributed by atoms with van der Waals surface area (Å²) >= 11 is 0. The van der Waals surface area contributed by atoms with Gasteiger partial charge in [0.1, 0.15) is 6.10 Å². The van der Waals surface area contributed by atoms with E-state index in [1.165, 1.54) is 39.0 Å². The van der Waals surface area contributed by atoms with Crippen molar-refractivity contribution in [1.82, 2.24) is 0 Å². The van der Waals surface area contributed by atoms with Gasteiger partial charge in [0.25, 0.3) is 0 Å². The van der Waals surface area contributed by atoms with Crippen LogP contribution in [0.3, 0.4) is 0 Å². The van der Waals surface area contributed by atoms with Gasteiger partial charge in [0.2, 0.25) is 0 Å². The molecule has 0 radical (unpaired) electrons. The van der Waals surface area contributed by atoms with E-state index in [0.29, 0.717) is 16.7 Å². The molecule has 4 aliphatic rings. The summed E-state index contributed by atoms with van der Waals surface area (Å²) in [5.41, 5.74) is 2.18. The summed E-state index contributed by atoms with van der Waals surface area (Å²) in [5.74, 6) is 2.65. The van der Waals surface area contributed by atoms with Crippen molar-refractivity contribution >= 4 is 5.97 Å². The van der Waals surface area contributed by atoms with Gasteiger partial charge in [0, 0.05) is 13.3 Å². The van der Waals surface area contributed by atoms with Crippen LogP contribution in [-0.4, -0.2) is 23.3 Å². The summed E-state index contributed by atoms with van der Waals surface area (Å²) < 4.78 is 5.54. The third-order valence-corrected chi connectivity index (χ3v) is 9.05. The number of hydrogen-bond donors (Lipinski definition) is 1. The molecule has 3 heteroatoms. The largest absolute Gasteiger partial charge is 0.462 e. The molecule has 1 N–H and O–H groups in total. The second-order valence-corrected chi connectivity index (χ2v) is 10.2. The van der Waals surface area contributed by atoms with Gasteiger partial charge in [-0.05, 0) is 86.4 Å². The molecule has 3 fully saturated rings. The molecule has 8 atom stereocenters. The lowest BCUT2D eigenvalue weighted by Crippen LogP contribution is -2.51. The summed E-state index contributed by atoms with van der Waals surface area (Å²) in [6, 6.07) is 0. The second kappa shape index (κ2) is 6.36. The van der Waals surface area contributed by atoms with E-state index in [4.69, 9.17) is 4.74 Å². The van der Waals surface area contributed by atoms with Gasteiger partial charge in [-0.15, -0.1) is 0 Å². The molecule has 3 saturated carbocycles. The standard InChI is InChI=1S/C23H36O3/c1-14(24)19-7-8-20-18-6-5-16-13-17(26-15(2)25)9-11-22(16,3)21(18)10-12-23(19,20)4/h5,14,17-21,24H,6-13H2,1-4H3/t14-,17+,18-,19+,20-,21-,22+,23+/m1/s1. The van der Waals surface area contributed by atoms with Crippen LogP contribution in [-0.2, 0) is 9.53 Å². The highest BCUT2D eigenvalue weighted by Gasteiger charge is 2.59. The highest BCUT2D eigenvalue weighted by molar-refractivity contribution is 5.66. The fourth-order valence-corrected chi connectivity index (χ4v) is 7.80. The van der Waals surface area contributed by atoms with Crippen LogP contribution in [0.25, 0.3) is 0 Å². The number of hydrogen-bond acceptors (Lipinski definition) is 3. The van der Waals surface area contributed by atoms with Crippen LogP contribution in [0.5, 0.6) is 0 Å². The minimum absolute atomic E-state index is 0.0864. The average molecular weight is 361 g/mol. The van der Waals surface area contributed by atoms with Crippen molar-refractivity contribution in [1.29, 1.82) is 0 Å². The summed E-state index contributed by atoms with van der Waals surface area (Å²) in [5, 5.41) is 10.3. The van der Waals surface area contributed by atoms with Gasteiger partial charge in [-0.2, -0.15) is 0 Å². The normalized spacial score (nSPS) is 48.7. The molecule has 3 nitrogen and oxygen atoms in total. The molecule has 4 aliphatic carbocycles. The Labute approximate surface area is 158 Å². The van der Waals surface area contributed by atoms with Crippen LogP contribution in [0.2, 0.25) is 0 Å². The van der Waals surface area contributed by atoms with Crippen LogP contribution in [0.4, 0.5) is 0 Å². The fourth-order valence-electron chi connectivity index (χ4n) is 7.80. The lowest BCUT2D eigenvalue weighted by molar-refractivity contribution is -0.148. The minimum Gasteiger partial charge on any atom is -0.462 e. The molecule has 146 valence electrons. The summed E-state index contributed by atoms with van der Waals surface area (Å²) in [6.45, 7) is 8.49. The molecule has 0 aliphatic heterocycles. The quantitative estimate of drug-likeness (QED) is 0.564. The molecule has 0 heterocycles. The lowest BCUT2D eigenvalue weighted by atomic mass is 9.47. The number of rotatable bonds is 2. The number of aliphatic hydroxyl groups excluding tert-OH is 1. The van der Waals surface area contributed by atoms with Crippen molar-refractivity contribution in [3.63, 3.8) is 0 Å². The number of ether oxygens (including phenoxy) is 1. The smallest absolute Gasteiger partial charge is 0.302 e. The van der Waals surface area contributed by atoms with Crippen molar-refractivity contribution < 1.29 is 14.6 Å². The van der Waals surface area contributed by atoms with Crippen molar-refractivity contribution in [3.8, 4) is 0 Å². The predicted molar refractivity (Wildman–Crippen MR) is 102 cm³/mol. The maximum atomic E-state index is 11.4. The molecule has 0 aromatic heterocycles. The van der Waals surface area contributed by atoms with E-state index in [1.54, 1.807) is 5.57 Å². The van der Waals surface area contributed by atoms with Crippen LogP contribution in [0.15, 0.2) is 11.6 Å². The van der Waals surface area contributed by atoms with Crippen LogP contribution in [0, 0.1) is 34.5 Å². The van der Waals surface area contributed by atoms with Crippen molar-refractivity contribution in [3.05, 3.63) is 11.6 Å². The highest BCUT2D eigenvalue weighted by atomic mass is 16.5. The minimum atomic E-state index is -0.175. The van der Waals surface area contributed by atoms with Gasteiger partial charge in [-0.25, -0.2) is 0 Å². The summed E-state index contributed by atoms with van der Waals surface area (Å²) in [4.78, 5) is 11.4. The number of esters is 1. The number of carbonyl (C=O) groups excluding carboxylic acids is 1. The predicted octanol–water partition coefficient (Wildman–Crippen LogP) is 4.88. The van der Waals surface area contributed by atoms with E-state index in [0.717, 1.165) is 37.0 Å². The zero-order valence-electron chi connectivity index (χ0n) is 17.0. The van der Waals surface area contributed by atoms with Crippen molar-refractivity contribution in [2.45, 2.75) is 91.3 Å². The molecule has 26 heavy (non-hydrogen) atoms. The Kier molecular flexibility index (Phi) is 4.53. The lowest BCUT2D eigenvalue weighted by Gasteiger charge is -2.58. The van der Waals surface area contributed by atoms with Crippen LogP contribution in [0.1, 0.15) is 79.1 Å². The Morgan fingerprint density at radius 3 is 2.65 bits per heavy atom. The Morgan fingerprint density at radius 2 is 1.96 bits per heavy atom. The maximum Gasteiger partial charge on any atom is 0.302 e. The first-order chi connectivity index (χ1) is 12.3. The van der Waals surface area contributed by atoms with E-state index in [2.05, 4.69) is 19.9 Å². The molecule has 0 saturated heterocycles. The molecule has 0 bridgehead atoms. The number of allylic oxidation sites excluding steroid dienone is 1. The first-order valence-electron chi connectivity index (χ1n) is 10.8. The van der Waals surface area contributed by atoms with Crippen LogP contribution >= 0.6 is 0 Å². The SMILES string of the molecule is CC(=O)O[C@H]1CC[C@@]2(C)C(=CC[C@@H]3[C@H]4CC[C@@H]([C@@H](C)O)[C@]4(C)CC[C@H]32)C1. The first-order valence-corrected chi connectivity index (χ1v) is 10.8. The second-order valence-electron chi connectivity index (χ2n) is 10.2. The molecule has 0 aromatic rings. The Bertz CT molecular complexity index is 609. The molecular weight excluding hydrogens is 324 g/mol. The molecule has 0 amide bonds. The van der Waals surface area contributed by atoms with Crippen molar-refractivity contribution in [2.75, 3.05) is 0 Å². The third kappa shape index (κ3) is 2.68. The molecule has 0 unspecified atom stereocenters. The molecular formula is C23H36O3. The zero-order chi connectivity index (χ0) is 18.7. The Morgan fingerprint density at radius 1 is 1.19 bits per heavy atom. The van der Waals surface area contributed by atoms with Gasteiger partial charge in [-0.3, -0.25) is 4.79 Å².